The zero-order valence-electron chi connectivity index (χ0n) is 23.8. The van der Waals surface area contributed by atoms with Crippen molar-refractivity contribution in [1.82, 2.24) is 19.9 Å². The summed E-state index contributed by atoms with van der Waals surface area (Å²) in [5.74, 6) is -0.0100. The van der Waals surface area contributed by atoms with Crippen molar-refractivity contribution < 1.29 is 29.6 Å². The molecule has 1 radical (unpaired) electrons. The Morgan fingerprint density at radius 1 is 0.578 bits per heavy atom. The maximum atomic E-state index is 9.77. The fourth-order valence-corrected chi connectivity index (χ4v) is 5.00. The summed E-state index contributed by atoms with van der Waals surface area (Å²) in [5.41, 5.74) is 8.24. The van der Waals surface area contributed by atoms with E-state index >= 15 is 0 Å². The van der Waals surface area contributed by atoms with Crippen LogP contribution in [0.1, 0.15) is 0 Å². The quantitative estimate of drug-likeness (QED) is 0.181. The van der Waals surface area contributed by atoms with Crippen molar-refractivity contribution in [3.8, 4) is 50.9 Å². The van der Waals surface area contributed by atoms with Crippen LogP contribution in [0.3, 0.4) is 0 Å². The molecule has 1 N–H and O–H groups in total. The van der Waals surface area contributed by atoms with E-state index in [0.717, 1.165) is 55.7 Å². The summed E-state index contributed by atoms with van der Waals surface area (Å²) in [4.78, 5) is 17.4. The molecule has 6 nitrogen and oxygen atoms in total. The number of aromatic nitrogens is 4. The fraction of sp³-hybridized carbons (Fsp3) is 0. The number of furan rings is 1. The van der Waals surface area contributed by atoms with Crippen molar-refractivity contribution in [2.45, 2.75) is 0 Å². The van der Waals surface area contributed by atoms with E-state index in [2.05, 4.69) is 44.2 Å². The average molecular weight is 761 g/mol. The van der Waals surface area contributed by atoms with Crippen LogP contribution >= 0.6 is 0 Å². The van der Waals surface area contributed by atoms with E-state index in [1.807, 2.05) is 97.1 Å². The first-order chi connectivity index (χ1) is 21.7. The molecule has 0 aliphatic heterocycles. The van der Waals surface area contributed by atoms with E-state index in [1.54, 1.807) is 30.7 Å². The number of pyridine rings is 4. The summed E-state index contributed by atoms with van der Waals surface area (Å²) < 4.78 is 6.14. The summed E-state index contributed by atoms with van der Waals surface area (Å²) in [7, 11) is 0. The van der Waals surface area contributed by atoms with Crippen LogP contribution in [0, 0.1) is 12.1 Å². The molecule has 0 aliphatic carbocycles. The monoisotopic (exact) mass is 761 g/mol. The second kappa shape index (κ2) is 13.4. The van der Waals surface area contributed by atoms with Gasteiger partial charge < -0.3 is 9.52 Å². The Morgan fingerprint density at radius 2 is 1.29 bits per heavy atom. The zero-order valence-corrected chi connectivity index (χ0v) is 26.2. The molecule has 0 saturated carbocycles. The third-order valence-electron chi connectivity index (χ3n) is 7.07. The minimum atomic E-state index is -0.0100. The Hall–Kier alpha value is -5.49. The van der Waals surface area contributed by atoms with Gasteiger partial charge in [-0.05, 0) is 47.5 Å². The standard InChI is InChI=1S/C22H13N2O.C16H11N2O.Ir/c1-2-10-21-16(7-1)17-13-15(19-8-3-5-11-23-19)14-18(22(17)25-21)20-9-4-6-12-24-20;19-16-13(8-5-11-17-16)15-10-4-9-14(18-15)12-6-2-1-3-7-12;/h1-13H;1-6,8-11H,(H,17,19);/q2*-1;. The molecule has 0 spiro atoms. The van der Waals surface area contributed by atoms with Crippen molar-refractivity contribution in [2.75, 3.05) is 0 Å². The van der Waals surface area contributed by atoms with Crippen molar-refractivity contribution >= 4 is 21.9 Å². The molecule has 5 aromatic heterocycles. The van der Waals surface area contributed by atoms with Crippen LogP contribution < -0.4 is 0 Å². The maximum absolute atomic E-state index is 9.77. The summed E-state index contributed by atoms with van der Waals surface area (Å²) in [6.07, 6.45) is 5.13. The molecule has 219 valence electrons. The van der Waals surface area contributed by atoms with Crippen LogP contribution in [-0.2, 0) is 20.1 Å². The maximum Gasteiger partial charge on any atom is 0.220 e. The van der Waals surface area contributed by atoms with Gasteiger partial charge in [0.2, 0.25) is 5.88 Å². The van der Waals surface area contributed by atoms with Crippen LogP contribution in [0.25, 0.3) is 67.0 Å². The van der Waals surface area contributed by atoms with Gasteiger partial charge in [-0.15, -0.1) is 48.0 Å². The van der Waals surface area contributed by atoms with Crippen molar-refractivity contribution in [3.05, 3.63) is 152 Å². The molecule has 0 saturated heterocycles. The Bertz CT molecular complexity index is 2190. The Kier molecular flexibility index (Phi) is 8.83. The second-order valence-corrected chi connectivity index (χ2v) is 9.89. The normalized spacial score (nSPS) is 10.6. The molecule has 8 rings (SSSR count). The molecule has 7 heteroatoms. The number of nitrogens with zero attached hydrogens (tertiary/aromatic N) is 4. The van der Waals surface area contributed by atoms with Gasteiger partial charge in [-0.3, -0.25) is 15.0 Å². The van der Waals surface area contributed by atoms with Gasteiger partial charge in [0.1, 0.15) is 5.58 Å². The van der Waals surface area contributed by atoms with Crippen molar-refractivity contribution in [1.29, 1.82) is 0 Å². The molecule has 0 atom stereocenters. The number of para-hydroxylation sites is 1. The van der Waals surface area contributed by atoms with Gasteiger partial charge in [0.25, 0.3) is 0 Å². The number of benzene rings is 3. The molecule has 0 aliphatic rings. The Labute approximate surface area is 273 Å². The second-order valence-electron chi connectivity index (χ2n) is 9.89. The summed E-state index contributed by atoms with van der Waals surface area (Å²) in [6.45, 7) is 0. The molecule has 5 heterocycles. The smallest absolute Gasteiger partial charge is 0.220 e. The van der Waals surface area contributed by atoms with Crippen LogP contribution in [0.5, 0.6) is 5.88 Å². The molecule has 0 fully saturated rings. The SMILES string of the molecule is Oc1ncccc1-c1cccc(-c2[c-]cccc2)n1.[Ir].[c-]1c(-c2ccccn2)cc2c(oc3ccccc32)c1-c1ccccn1. The van der Waals surface area contributed by atoms with Gasteiger partial charge in [0, 0.05) is 55.5 Å². The van der Waals surface area contributed by atoms with Gasteiger partial charge in [-0.25, -0.2) is 4.98 Å². The molecule has 0 bridgehead atoms. The third kappa shape index (κ3) is 6.27. The van der Waals surface area contributed by atoms with E-state index in [4.69, 9.17) is 4.42 Å². The first-order valence-corrected chi connectivity index (χ1v) is 14.0. The number of fused-ring (bicyclic) bond motifs is 3. The first kappa shape index (κ1) is 29.6. The van der Waals surface area contributed by atoms with Gasteiger partial charge >= 0.3 is 0 Å². The average Bonchev–Trinajstić information content (AvgIpc) is 3.48. The van der Waals surface area contributed by atoms with Crippen LogP contribution in [0.2, 0.25) is 0 Å². The van der Waals surface area contributed by atoms with Crippen molar-refractivity contribution in [3.63, 3.8) is 0 Å². The predicted octanol–water partition coefficient (Wildman–Crippen LogP) is 8.82. The van der Waals surface area contributed by atoms with E-state index in [-0.39, 0.29) is 26.0 Å². The zero-order chi connectivity index (χ0) is 29.7. The van der Waals surface area contributed by atoms with Crippen LogP contribution in [0.15, 0.2) is 144 Å². The number of rotatable bonds is 4. The van der Waals surface area contributed by atoms with E-state index in [1.165, 1.54) is 0 Å². The summed E-state index contributed by atoms with van der Waals surface area (Å²) >= 11 is 0. The molecule has 3 aromatic carbocycles. The van der Waals surface area contributed by atoms with Gasteiger partial charge in [-0.1, -0.05) is 65.7 Å². The fourth-order valence-electron chi connectivity index (χ4n) is 5.00. The topological polar surface area (TPSA) is 84.9 Å². The van der Waals surface area contributed by atoms with Crippen LogP contribution in [-0.4, -0.2) is 25.0 Å². The number of hydrogen-bond acceptors (Lipinski definition) is 6. The number of aromatic hydroxyl groups is 1. The van der Waals surface area contributed by atoms with Crippen molar-refractivity contribution in [2.24, 2.45) is 0 Å². The predicted molar refractivity (Wildman–Crippen MR) is 172 cm³/mol. The molecular formula is C38H24IrN4O2-2. The molecule has 0 unspecified atom stereocenters. The Balaban J connectivity index is 0.000000161. The van der Waals surface area contributed by atoms with Gasteiger partial charge in [0.05, 0.1) is 16.8 Å². The van der Waals surface area contributed by atoms with E-state index in [0.29, 0.717) is 11.3 Å². The number of hydrogen-bond donors (Lipinski definition) is 1. The summed E-state index contributed by atoms with van der Waals surface area (Å²) in [5, 5.41) is 11.9. The molecule has 8 aromatic rings. The van der Waals surface area contributed by atoms with Gasteiger partial charge in [-0.2, -0.15) is 0 Å². The largest absolute Gasteiger partial charge is 0.493 e. The summed E-state index contributed by atoms with van der Waals surface area (Å²) in [6, 6.07) is 45.4. The molecule has 45 heavy (non-hydrogen) atoms. The Morgan fingerprint density at radius 3 is 2.04 bits per heavy atom. The van der Waals surface area contributed by atoms with E-state index in [9.17, 15) is 5.11 Å². The first-order valence-electron chi connectivity index (χ1n) is 14.0. The molecular weight excluding hydrogens is 737 g/mol. The van der Waals surface area contributed by atoms with Crippen LogP contribution in [0.4, 0.5) is 0 Å². The minimum absolute atomic E-state index is 0. The molecule has 0 amide bonds. The van der Waals surface area contributed by atoms with Gasteiger partial charge in [0.15, 0.2) is 0 Å². The minimum Gasteiger partial charge on any atom is -0.493 e. The third-order valence-corrected chi connectivity index (χ3v) is 7.07. The van der Waals surface area contributed by atoms with E-state index < -0.39 is 0 Å².